The molecule has 0 aliphatic carbocycles. The van der Waals surface area contributed by atoms with Crippen LogP contribution in [0.5, 0.6) is 0 Å². The zero-order chi connectivity index (χ0) is 17.1. The molecule has 2 aromatic rings. The van der Waals surface area contributed by atoms with E-state index in [4.69, 9.17) is 0 Å². The lowest BCUT2D eigenvalue weighted by Crippen LogP contribution is -2.40. The quantitative estimate of drug-likeness (QED) is 0.852. The maximum atomic E-state index is 12.6. The van der Waals surface area contributed by atoms with Crippen LogP contribution in [0.15, 0.2) is 34.5 Å². The molecule has 0 saturated heterocycles. The molecule has 0 aromatic carbocycles. The molecule has 1 amide bonds. The number of rotatable bonds is 4. The molecule has 0 saturated carbocycles. The summed E-state index contributed by atoms with van der Waals surface area (Å²) in [5.41, 5.74) is 2.52. The van der Waals surface area contributed by atoms with Gasteiger partial charge in [-0.25, -0.2) is 4.98 Å². The van der Waals surface area contributed by atoms with Crippen LogP contribution in [-0.2, 0) is 24.3 Å². The molecule has 1 N–H and O–H groups in total. The molecular weight excluding hydrogens is 324 g/mol. The number of nitrogens with zero attached hydrogens (tertiary/aromatic N) is 3. The van der Waals surface area contributed by atoms with Crippen molar-refractivity contribution in [2.24, 2.45) is 5.92 Å². The van der Waals surface area contributed by atoms with Crippen molar-refractivity contribution in [3.63, 3.8) is 0 Å². The topological polar surface area (TPSA) is 76.9 Å². The smallest absolute Gasteiger partial charge is 0.257 e. The van der Waals surface area contributed by atoms with Gasteiger partial charge in [-0.2, -0.15) is 0 Å². The van der Waals surface area contributed by atoms with Crippen LogP contribution in [-0.4, -0.2) is 26.2 Å². The number of carbonyl (C=O) groups excluding carboxylic acids is 1. The second kappa shape index (κ2) is 7.17. The number of aromatic nitrogens is 3. The molecule has 0 spiro atoms. The van der Waals surface area contributed by atoms with E-state index in [1.54, 1.807) is 17.0 Å². The molecule has 1 aliphatic heterocycles. The van der Waals surface area contributed by atoms with Gasteiger partial charge in [-0.15, -0.1) is 0 Å². The molecule has 0 unspecified atom stereocenters. The van der Waals surface area contributed by atoms with Crippen LogP contribution in [0.3, 0.4) is 0 Å². The van der Waals surface area contributed by atoms with Gasteiger partial charge in [-0.05, 0) is 31.0 Å². The van der Waals surface area contributed by atoms with Gasteiger partial charge in [0.2, 0.25) is 5.91 Å². The second-order valence-electron chi connectivity index (χ2n) is 5.81. The third kappa shape index (κ3) is 3.36. The van der Waals surface area contributed by atoms with Gasteiger partial charge in [0, 0.05) is 42.5 Å². The number of hydrogen-bond acceptors (Lipinski definition) is 5. The lowest BCUT2D eigenvalue weighted by molar-refractivity contribution is -0.125. The highest BCUT2D eigenvalue weighted by atomic mass is 32.2. The largest absolute Gasteiger partial charge is 0.352 e. The summed E-state index contributed by atoms with van der Waals surface area (Å²) in [5.74, 6) is 0.381. The van der Waals surface area contributed by atoms with Crippen molar-refractivity contribution in [1.82, 2.24) is 19.9 Å². The van der Waals surface area contributed by atoms with Crippen molar-refractivity contribution >= 4 is 17.7 Å². The van der Waals surface area contributed by atoms with Gasteiger partial charge in [0.05, 0.1) is 5.92 Å². The van der Waals surface area contributed by atoms with E-state index in [1.807, 2.05) is 26.0 Å². The molecule has 0 radical (unpaired) electrons. The third-order valence-corrected chi connectivity index (χ3v) is 5.33. The number of hydrogen-bond donors (Lipinski definition) is 1. The molecule has 126 valence electrons. The molecule has 0 fully saturated rings. The highest BCUT2D eigenvalue weighted by Crippen LogP contribution is 2.26. The molecule has 3 heterocycles. The summed E-state index contributed by atoms with van der Waals surface area (Å²) in [4.78, 5) is 33.5. The molecule has 1 atom stereocenters. The Kier molecular flexibility index (Phi) is 4.99. The van der Waals surface area contributed by atoms with Crippen LogP contribution >= 0.6 is 11.8 Å². The van der Waals surface area contributed by atoms with E-state index in [2.05, 4.69) is 15.3 Å². The summed E-state index contributed by atoms with van der Waals surface area (Å²) < 4.78 is 1.65. The van der Waals surface area contributed by atoms with Gasteiger partial charge in [-0.1, -0.05) is 18.7 Å². The second-order valence-corrected chi connectivity index (χ2v) is 6.80. The Labute approximate surface area is 144 Å². The van der Waals surface area contributed by atoms with Gasteiger partial charge in [0.1, 0.15) is 0 Å². The van der Waals surface area contributed by atoms with E-state index in [0.29, 0.717) is 30.4 Å². The van der Waals surface area contributed by atoms with Crippen LogP contribution in [0.1, 0.15) is 23.7 Å². The van der Waals surface area contributed by atoms with Crippen molar-refractivity contribution in [3.05, 3.63) is 51.7 Å². The molecule has 7 heteroatoms. The molecule has 0 bridgehead atoms. The van der Waals surface area contributed by atoms with Crippen molar-refractivity contribution in [2.45, 2.75) is 38.5 Å². The predicted molar refractivity (Wildman–Crippen MR) is 92.9 cm³/mol. The number of thioether (sulfide) groups is 1. The highest BCUT2D eigenvalue weighted by Gasteiger charge is 2.27. The highest BCUT2D eigenvalue weighted by molar-refractivity contribution is 7.99. The van der Waals surface area contributed by atoms with Crippen molar-refractivity contribution in [2.75, 3.05) is 5.75 Å². The average molecular weight is 344 g/mol. The number of fused-ring (bicyclic) bond motifs is 1. The fourth-order valence-electron chi connectivity index (χ4n) is 2.80. The number of carbonyl (C=O) groups is 1. The van der Waals surface area contributed by atoms with Gasteiger partial charge in [0.15, 0.2) is 5.16 Å². The molecular formula is C17H20N4O2S. The zero-order valence-electron chi connectivity index (χ0n) is 13.8. The summed E-state index contributed by atoms with van der Waals surface area (Å²) in [7, 11) is 0. The first-order valence-electron chi connectivity index (χ1n) is 8.00. The fourth-order valence-corrected chi connectivity index (χ4v) is 3.92. The summed E-state index contributed by atoms with van der Waals surface area (Å²) in [6, 6.07) is 3.74. The standard InChI is InChI=1S/C17H20N4O2S/c1-3-14-11(2)20-17-21(16(14)23)9-13(10-24-17)15(22)19-8-12-4-6-18-7-5-12/h4-7,13H,3,8-10H2,1-2H3,(H,19,22)/t13-/m1/s1. The van der Waals surface area contributed by atoms with E-state index in [9.17, 15) is 9.59 Å². The van der Waals surface area contributed by atoms with Gasteiger partial charge in [0.25, 0.3) is 5.56 Å². The monoisotopic (exact) mass is 344 g/mol. The van der Waals surface area contributed by atoms with Gasteiger partial charge in [-0.3, -0.25) is 19.1 Å². The van der Waals surface area contributed by atoms with E-state index in [-0.39, 0.29) is 17.4 Å². The number of amides is 1. The first-order chi connectivity index (χ1) is 11.6. The summed E-state index contributed by atoms with van der Waals surface area (Å²) in [6.45, 7) is 4.68. The summed E-state index contributed by atoms with van der Waals surface area (Å²) >= 11 is 1.48. The van der Waals surface area contributed by atoms with Crippen LogP contribution < -0.4 is 10.9 Å². The Hall–Kier alpha value is -2.15. The lowest BCUT2D eigenvalue weighted by Gasteiger charge is -2.25. The summed E-state index contributed by atoms with van der Waals surface area (Å²) in [6.07, 6.45) is 4.06. The Morgan fingerprint density at radius 1 is 1.42 bits per heavy atom. The van der Waals surface area contributed by atoms with Gasteiger partial charge >= 0.3 is 0 Å². The Morgan fingerprint density at radius 3 is 2.88 bits per heavy atom. The lowest BCUT2D eigenvalue weighted by atomic mass is 10.1. The number of aryl methyl sites for hydroxylation is 1. The van der Waals surface area contributed by atoms with Crippen LogP contribution in [0.2, 0.25) is 0 Å². The van der Waals surface area contributed by atoms with Crippen LogP contribution in [0, 0.1) is 12.8 Å². The molecule has 24 heavy (non-hydrogen) atoms. The fraction of sp³-hybridized carbons (Fsp3) is 0.412. The van der Waals surface area contributed by atoms with Crippen LogP contribution in [0.25, 0.3) is 0 Å². The minimum atomic E-state index is -0.226. The Bertz CT molecular complexity index is 804. The minimum absolute atomic E-state index is 0.0147. The van der Waals surface area contributed by atoms with E-state index in [0.717, 1.165) is 16.8 Å². The average Bonchev–Trinajstić information content (AvgIpc) is 2.60. The first kappa shape index (κ1) is 16.7. The number of pyridine rings is 1. The molecule has 3 rings (SSSR count). The Balaban J connectivity index is 1.72. The van der Waals surface area contributed by atoms with Gasteiger partial charge < -0.3 is 5.32 Å². The minimum Gasteiger partial charge on any atom is -0.352 e. The van der Waals surface area contributed by atoms with E-state index in [1.165, 1.54) is 11.8 Å². The maximum Gasteiger partial charge on any atom is 0.257 e. The molecule has 6 nitrogen and oxygen atoms in total. The summed E-state index contributed by atoms with van der Waals surface area (Å²) in [5, 5.41) is 3.66. The van der Waals surface area contributed by atoms with E-state index >= 15 is 0 Å². The first-order valence-corrected chi connectivity index (χ1v) is 8.98. The molecule has 2 aromatic heterocycles. The number of nitrogens with one attached hydrogen (secondary N) is 1. The molecule has 1 aliphatic rings. The zero-order valence-corrected chi connectivity index (χ0v) is 14.6. The third-order valence-electron chi connectivity index (χ3n) is 4.19. The van der Waals surface area contributed by atoms with E-state index < -0.39 is 0 Å². The van der Waals surface area contributed by atoms with Crippen molar-refractivity contribution in [3.8, 4) is 0 Å². The van der Waals surface area contributed by atoms with Crippen LogP contribution in [0.4, 0.5) is 0 Å². The normalized spacial score (nSPS) is 16.5. The SMILES string of the molecule is CCc1c(C)nc2n(c1=O)C[C@@H](C(=O)NCc1ccncc1)CS2. The van der Waals surface area contributed by atoms with Crippen molar-refractivity contribution < 1.29 is 4.79 Å². The van der Waals surface area contributed by atoms with Crippen molar-refractivity contribution in [1.29, 1.82) is 0 Å². The Morgan fingerprint density at radius 2 is 2.17 bits per heavy atom. The predicted octanol–water partition coefficient (Wildman–Crippen LogP) is 1.55. The maximum absolute atomic E-state index is 12.6.